The molecular weight excluding hydrogens is 230 g/mol. The van der Waals surface area contributed by atoms with Crippen LogP contribution in [0.2, 0.25) is 0 Å². The highest BCUT2D eigenvalue weighted by Gasteiger charge is 1.96. The van der Waals surface area contributed by atoms with Crippen LogP contribution in [0.1, 0.15) is 16.7 Å². The molecule has 0 unspecified atom stereocenters. The predicted octanol–water partition coefficient (Wildman–Crippen LogP) is 4.14. The summed E-state index contributed by atoms with van der Waals surface area (Å²) in [5.41, 5.74) is 3.92. The lowest BCUT2D eigenvalue weighted by Gasteiger charge is -2.14. The third-order valence-electron chi connectivity index (χ3n) is 3.10. The summed E-state index contributed by atoms with van der Waals surface area (Å²) in [4.78, 5) is 2.31. The maximum atomic E-state index is 2.31. The summed E-state index contributed by atoms with van der Waals surface area (Å²) in [5.74, 6) is 0. The quantitative estimate of drug-likeness (QED) is 0.772. The first kappa shape index (κ1) is 13.6. The molecule has 0 heterocycles. The van der Waals surface area contributed by atoms with Gasteiger partial charge >= 0.3 is 0 Å². The zero-order valence-corrected chi connectivity index (χ0v) is 11.7. The fraction of sp³-hybridized carbons (Fsp3) is 0.222. The Morgan fingerprint density at radius 1 is 0.947 bits per heavy atom. The number of aryl methyl sites for hydroxylation is 1. The van der Waals surface area contributed by atoms with E-state index in [0.717, 1.165) is 13.1 Å². The van der Waals surface area contributed by atoms with E-state index >= 15 is 0 Å². The maximum absolute atomic E-state index is 2.31. The monoisotopic (exact) mass is 251 g/mol. The predicted molar refractivity (Wildman–Crippen MR) is 83.0 cm³/mol. The molecular formula is C18H21N. The molecule has 98 valence electrons. The Bertz CT molecular complexity index is 511. The molecule has 0 spiro atoms. The summed E-state index contributed by atoms with van der Waals surface area (Å²) >= 11 is 0. The van der Waals surface area contributed by atoms with Gasteiger partial charge in [-0.2, -0.15) is 0 Å². The van der Waals surface area contributed by atoms with Crippen molar-refractivity contribution < 1.29 is 0 Å². The van der Waals surface area contributed by atoms with Crippen molar-refractivity contribution in [2.45, 2.75) is 13.5 Å². The van der Waals surface area contributed by atoms with Crippen LogP contribution in [-0.2, 0) is 6.54 Å². The van der Waals surface area contributed by atoms with Gasteiger partial charge in [-0.3, -0.25) is 4.90 Å². The molecule has 0 N–H and O–H groups in total. The van der Waals surface area contributed by atoms with Gasteiger partial charge in [0.1, 0.15) is 0 Å². The molecule has 0 aromatic heterocycles. The topological polar surface area (TPSA) is 3.24 Å². The second-order valence-electron chi connectivity index (χ2n) is 5.00. The smallest absolute Gasteiger partial charge is 0.0233 e. The first-order valence-corrected chi connectivity index (χ1v) is 6.70. The molecule has 0 radical (unpaired) electrons. The average molecular weight is 251 g/mol. The number of likely N-dealkylation sites (N-methyl/N-ethyl adjacent to an activating group) is 1. The normalized spacial score (nSPS) is 11.3. The molecule has 0 aliphatic carbocycles. The van der Waals surface area contributed by atoms with Crippen molar-refractivity contribution in [3.63, 3.8) is 0 Å². The summed E-state index contributed by atoms with van der Waals surface area (Å²) in [5, 5.41) is 0. The summed E-state index contributed by atoms with van der Waals surface area (Å²) in [6, 6.07) is 19.2. The SMILES string of the molecule is Cc1ccc(/C=C/CN(C)Cc2ccccc2)cc1. The minimum atomic E-state index is 0.961. The molecule has 0 atom stereocenters. The summed E-state index contributed by atoms with van der Waals surface area (Å²) < 4.78 is 0. The van der Waals surface area contributed by atoms with Crippen LogP contribution >= 0.6 is 0 Å². The molecule has 2 aromatic carbocycles. The van der Waals surface area contributed by atoms with Crippen LogP contribution in [0.5, 0.6) is 0 Å². The molecule has 2 rings (SSSR count). The van der Waals surface area contributed by atoms with E-state index in [9.17, 15) is 0 Å². The molecule has 0 aliphatic rings. The minimum absolute atomic E-state index is 0.961. The molecule has 0 saturated carbocycles. The lowest BCUT2D eigenvalue weighted by molar-refractivity contribution is 0.364. The zero-order valence-electron chi connectivity index (χ0n) is 11.7. The largest absolute Gasteiger partial charge is 0.298 e. The standard InChI is InChI=1S/C18H21N/c1-16-10-12-17(13-11-16)9-6-14-19(2)15-18-7-4-3-5-8-18/h3-13H,14-15H2,1-2H3/b9-6+. The van der Waals surface area contributed by atoms with E-state index in [4.69, 9.17) is 0 Å². The van der Waals surface area contributed by atoms with Gasteiger partial charge in [-0.05, 0) is 25.1 Å². The number of nitrogens with zero attached hydrogens (tertiary/aromatic N) is 1. The molecule has 0 amide bonds. The highest BCUT2D eigenvalue weighted by molar-refractivity contribution is 5.49. The van der Waals surface area contributed by atoms with E-state index in [1.165, 1.54) is 16.7 Å². The average Bonchev–Trinajstić information content (AvgIpc) is 2.42. The van der Waals surface area contributed by atoms with Gasteiger partial charge in [0.05, 0.1) is 0 Å². The van der Waals surface area contributed by atoms with E-state index in [-0.39, 0.29) is 0 Å². The lowest BCUT2D eigenvalue weighted by atomic mass is 10.1. The highest BCUT2D eigenvalue weighted by atomic mass is 15.1. The van der Waals surface area contributed by atoms with E-state index in [0.29, 0.717) is 0 Å². The fourth-order valence-electron chi connectivity index (χ4n) is 2.01. The van der Waals surface area contributed by atoms with Crippen molar-refractivity contribution in [3.05, 3.63) is 77.4 Å². The van der Waals surface area contributed by atoms with Crippen LogP contribution in [-0.4, -0.2) is 18.5 Å². The number of rotatable bonds is 5. The van der Waals surface area contributed by atoms with Crippen LogP contribution in [0.3, 0.4) is 0 Å². The second-order valence-corrected chi connectivity index (χ2v) is 5.00. The van der Waals surface area contributed by atoms with Gasteiger partial charge in [-0.25, -0.2) is 0 Å². The van der Waals surface area contributed by atoms with Gasteiger partial charge < -0.3 is 0 Å². The van der Waals surface area contributed by atoms with Crippen LogP contribution < -0.4 is 0 Å². The summed E-state index contributed by atoms with van der Waals surface area (Å²) in [6.45, 7) is 4.06. The summed E-state index contributed by atoms with van der Waals surface area (Å²) in [7, 11) is 2.15. The van der Waals surface area contributed by atoms with Gasteiger partial charge in [0.15, 0.2) is 0 Å². The Kier molecular flexibility index (Phi) is 4.93. The fourth-order valence-corrected chi connectivity index (χ4v) is 2.01. The van der Waals surface area contributed by atoms with Crippen molar-refractivity contribution >= 4 is 6.08 Å². The Balaban J connectivity index is 1.83. The van der Waals surface area contributed by atoms with E-state index in [1.807, 2.05) is 0 Å². The molecule has 0 fully saturated rings. The van der Waals surface area contributed by atoms with E-state index < -0.39 is 0 Å². The molecule has 1 heteroatoms. The molecule has 0 aliphatic heterocycles. The van der Waals surface area contributed by atoms with Crippen LogP contribution in [0, 0.1) is 6.92 Å². The highest BCUT2D eigenvalue weighted by Crippen LogP contribution is 2.06. The Morgan fingerprint density at radius 2 is 1.63 bits per heavy atom. The Hall–Kier alpha value is -1.86. The molecule has 1 nitrogen and oxygen atoms in total. The van der Waals surface area contributed by atoms with Gasteiger partial charge in [-0.15, -0.1) is 0 Å². The van der Waals surface area contributed by atoms with Crippen LogP contribution in [0.25, 0.3) is 6.08 Å². The number of benzene rings is 2. The Labute approximate surface area is 116 Å². The second kappa shape index (κ2) is 6.91. The lowest BCUT2D eigenvalue weighted by Crippen LogP contribution is -2.17. The van der Waals surface area contributed by atoms with Crippen molar-refractivity contribution in [2.24, 2.45) is 0 Å². The van der Waals surface area contributed by atoms with Crippen molar-refractivity contribution in [1.82, 2.24) is 4.90 Å². The Morgan fingerprint density at radius 3 is 2.32 bits per heavy atom. The number of hydrogen-bond donors (Lipinski definition) is 0. The first-order valence-electron chi connectivity index (χ1n) is 6.70. The van der Waals surface area contributed by atoms with Gasteiger partial charge in [-0.1, -0.05) is 72.3 Å². The zero-order chi connectivity index (χ0) is 13.5. The minimum Gasteiger partial charge on any atom is -0.298 e. The first-order chi connectivity index (χ1) is 9.24. The van der Waals surface area contributed by atoms with Gasteiger partial charge in [0.25, 0.3) is 0 Å². The van der Waals surface area contributed by atoms with Crippen molar-refractivity contribution in [1.29, 1.82) is 0 Å². The van der Waals surface area contributed by atoms with Crippen LogP contribution in [0.15, 0.2) is 60.7 Å². The van der Waals surface area contributed by atoms with Crippen molar-refractivity contribution in [3.8, 4) is 0 Å². The molecule has 0 bridgehead atoms. The maximum Gasteiger partial charge on any atom is 0.0233 e. The van der Waals surface area contributed by atoms with Crippen molar-refractivity contribution in [2.75, 3.05) is 13.6 Å². The van der Waals surface area contributed by atoms with Crippen LogP contribution in [0.4, 0.5) is 0 Å². The van der Waals surface area contributed by atoms with Gasteiger partial charge in [0.2, 0.25) is 0 Å². The molecule has 19 heavy (non-hydrogen) atoms. The summed E-state index contributed by atoms with van der Waals surface area (Å²) in [6.07, 6.45) is 4.40. The number of hydrogen-bond acceptors (Lipinski definition) is 1. The van der Waals surface area contributed by atoms with Gasteiger partial charge in [0, 0.05) is 13.1 Å². The van der Waals surface area contributed by atoms with E-state index in [2.05, 4.69) is 85.6 Å². The molecule has 2 aromatic rings. The third-order valence-corrected chi connectivity index (χ3v) is 3.10. The third kappa shape index (κ3) is 4.72. The molecule has 0 saturated heterocycles. The van der Waals surface area contributed by atoms with E-state index in [1.54, 1.807) is 0 Å².